The standard InChI is InChI=1S/C15H13ClF3N/c1-20(2)14-9-12(16)7-8-13(14)10-3-5-11(6-4-10)15(17,18)19/h3-9H,1-2H3. The fraction of sp³-hybridized carbons (Fsp3) is 0.200. The number of alkyl halides is 3. The Bertz CT molecular complexity index is 604. The molecule has 0 atom stereocenters. The maximum Gasteiger partial charge on any atom is 0.416 e. The van der Waals surface area contributed by atoms with Crippen LogP contribution in [0.5, 0.6) is 0 Å². The number of halogens is 4. The first-order valence-electron chi connectivity index (χ1n) is 5.93. The minimum atomic E-state index is -4.32. The lowest BCUT2D eigenvalue weighted by Gasteiger charge is -2.18. The minimum absolute atomic E-state index is 0.587. The third kappa shape index (κ3) is 3.07. The second kappa shape index (κ2) is 5.37. The lowest BCUT2D eigenvalue weighted by Crippen LogP contribution is -2.10. The summed E-state index contributed by atoms with van der Waals surface area (Å²) in [6, 6.07) is 10.4. The number of rotatable bonds is 2. The van der Waals surface area contributed by atoms with Gasteiger partial charge in [0.15, 0.2) is 0 Å². The largest absolute Gasteiger partial charge is 0.416 e. The molecule has 2 aromatic carbocycles. The average molecular weight is 300 g/mol. The van der Waals surface area contributed by atoms with E-state index in [1.165, 1.54) is 12.1 Å². The van der Waals surface area contributed by atoms with E-state index in [1.54, 1.807) is 18.2 Å². The van der Waals surface area contributed by atoms with Crippen LogP contribution >= 0.6 is 11.6 Å². The van der Waals surface area contributed by atoms with E-state index in [-0.39, 0.29) is 0 Å². The smallest absolute Gasteiger partial charge is 0.377 e. The van der Waals surface area contributed by atoms with E-state index in [0.717, 1.165) is 28.9 Å². The maximum absolute atomic E-state index is 12.6. The second-order valence-corrected chi connectivity index (χ2v) is 5.07. The van der Waals surface area contributed by atoms with Gasteiger partial charge in [-0.15, -0.1) is 0 Å². The summed E-state index contributed by atoms with van der Waals surface area (Å²) in [7, 11) is 3.72. The van der Waals surface area contributed by atoms with Crippen LogP contribution in [0, 0.1) is 0 Å². The van der Waals surface area contributed by atoms with Crippen LogP contribution in [0.1, 0.15) is 5.56 Å². The van der Waals surface area contributed by atoms with Crippen LogP contribution in [-0.2, 0) is 6.18 Å². The Morgan fingerprint density at radius 2 is 1.55 bits per heavy atom. The zero-order chi connectivity index (χ0) is 14.9. The molecule has 0 heterocycles. The fourth-order valence-corrected chi connectivity index (χ4v) is 2.12. The van der Waals surface area contributed by atoms with E-state index in [0.29, 0.717) is 5.02 Å². The molecular formula is C15H13ClF3N. The zero-order valence-corrected chi connectivity index (χ0v) is 11.8. The summed E-state index contributed by atoms with van der Waals surface area (Å²) in [4.78, 5) is 1.87. The van der Waals surface area contributed by atoms with E-state index in [2.05, 4.69) is 0 Å². The number of hydrogen-bond acceptors (Lipinski definition) is 1. The number of benzene rings is 2. The highest BCUT2D eigenvalue weighted by molar-refractivity contribution is 6.31. The zero-order valence-electron chi connectivity index (χ0n) is 11.0. The fourth-order valence-electron chi connectivity index (χ4n) is 1.96. The van der Waals surface area contributed by atoms with Crippen molar-refractivity contribution in [2.24, 2.45) is 0 Å². The van der Waals surface area contributed by atoms with Crippen molar-refractivity contribution < 1.29 is 13.2 Å². The third-order valence-electron chi connectivity index (χ3n) is 2.96. The minimum Gasteiger partial charge on any atom is -0.377 e. The van der Waals surface area contributed by atoms with Gasteiger partial charge in [-0.05, 0) is 29.8 Å². The molecule has 0 radical (unpaired) electrons. The van der Waals surface area contributed by atoms with Crippen molar-refractivity contribution >= 4 is 17.3 Å². The molecule has 5 heteroatoms. The van der Waals surface area contributed by atoms with Gasteiger partial charge in [0.05, 0.1) is 5.56 Å². The SMILES string of the molecule is CN(C)c1cc(Cl)ccc1-c1ccc(C(F)(F)F)cc1. The van der Waals surface area contributed by atoms with Crippen LogP contribution in [0.4, 0.5) is 18.9 Å². The monoisotopic (exact) mass is 299 g/mol. The van der Waals surface area contributed by atoms with Gasteiger partial charge < -0.3 is 4.90 Å². The van der Waals surface area contributed by atoms with Gasteiger partial charge in [0.25, 0.3) is 0 Å². The Morgan fingerprint density at radius 1 is 0.950 bits per heavy atom. The molecule has 1 nitrogen and oxygen atoms in total. The van der Waals surface area contributed by atoms with Gasteiger partial charge in [0, 0.05) is 30.4 Å². The number of nitrogens with zero attached hydrogens (tertiary/aromatic N) is 1. The first-order valence-corrected chi connectivity index (χ1v) is 6.31. The normalized spacial score (nSPS) is 11.5. The Balaban J connectivity index is 2.47. The summed E-state index contributed by atoms with van der Waals surface area (Å²) in [6.45, 7) is 0. The van der Waals surface area contributed by atoms with E-state index in [4.69, 9.17) is 11.6 Å². The molecule has 0 bridgehead atoms. The van der Waals surface area contributed by atoms with Gasteiger partial charge in [-0.3, -0.25) is 0 Å². The van der Waals surface area contributed by atoms with Gasteiger partial charge in [0.1, 0.15) is 0 Å². The van der Waals surface area contributed by atoms with Crippen LogP contribution < -0.4 is 4.90 Å². The van der Waals surface area contributed by atoms with Crippen LogP contribution in [0.2, 0.25) is 5.02 Å². The van der Waals surface area contributed by atoms with Gasteiger partial charge in [0.2, 0.25) is 0 Å². The Labute approximate surface area is 120 Å². The topological polar surface area (TPSA) is 3.24 Å². The molecule has 106 valence electrons. The molecule has 0 saturated heterocycles. The molecule has 0 N–H and O–H groups in total. The van der Waals surface area contributed by atoms with E-state index >= 15 is 0 Å². The highest BCUT2D eigenvalue weighted by atomic mass is 35.5. The average Bonchev–Trinajstić information content (AvgIpc) is 2.37. The Hall–Kier alpha value is -1.68. The van der Waals surface area contributed by atoms with Crippen molar-refractivity contribution in [1.82, 2.24) is 0 Å². The van der Waals surface area contributed by atoms with Gasteiger partial charge >= 0.3 is 6.18 Å². The van der Waals surface area contributed by atoms with Crippen LogP contribution in [-0.4, -0.2) is 14.1 Å². The first-order chi connectivity index (χ1) is 9.29. The molecule has 20 heavy (non-hydrogen) atoms. The molecule has 0 aliphatic rings. The van der Waals surface area contributed by atoms with E-state index in [9.17, 15) is 13.2 Å². The quantitative estimate of drug-likeness (QED) is 0.746. The van der Waals surface area contributed by atoms with Crippen LogP contribution in [0.15, 0.2) is 42.5 Å². The van der Waals surface area contributed by atoms with Crippen molar-refractivity contribution in [2.45, 2.75) is 6.18 Å². The first kappa shape index (κ1) is 14.7. The molecule has 0 saturated carbocycles. The summed E-state index contributed by atoms with van der Waals surface area (Å²) in [5.74, 6) is 0. The Kier molecular flexibility index (Phi) is 3.95. The lowest BCUT2D eigenvalue weighted by molar-refractivity contribution is -0.137. The molecule has 2 aromatic rings. The summed E-state index contributed by atoms with van der Waals surface area (Å²) < 4.78 is 37.7. The molecule has 0 aliphatic carbocycles. The molecule has 0 aromatic heterocycles. The predicted molar refractivity (Wildman–Crippen MR) is 76.2 cm³/mol. The Morgan fingerprint density at radius 3 is 2.05 bits per heavy atom. The van der Waals surface area contributed by atoms with Gasteiger partial charge in [-0.2, -0.15) is 13.2 Å². The van der Waals surface area contributed by atoms with Crippen molar-refractivity contribution in [3.8, 4) is 11.1 Å². The van der Waals surface area contributed by atoms with E-state index in [1.807, 2.05) is 19.0 Å². The predicted octanol–water partition coefficient (Wildman–Crippen LogP) is 5.09. The highest BCUT2D eigenvalue weighted by Gasteiger charge is 2.30. The summed E-state index contributed by atoms with van der Waals surface area (Å²) >= 11 is 5.96. The molecule has 0 fully saturated rings. The van der Waals surface area contributed by atoms with Crippen molar-refractivity contribution in [1.29, 1.82) is 0 Å². The van der Waals surface area contributed by atoms with E-state index < -0.39 is 11.7 Å². The molecule has 0 aliphatic heterocycles. The summed E-state index contributed by atoms with van der Waals surface area (Å²) in [5.41, 5.74) is 1.77. The highest BCUT2D eigenvalue weighted by Crippen LogP contribution is 2.35. The maximum atomic E-state index is 12.6. The van der Waals surface area contributed by atoms with Crippen molar-refractivity contribution in [3.63, 3.8) is 0 Å². The molecule has 0 amide bonds. The van der Waals surface area contributed by atoms with Crippen molar-refractivity contribution in [2.75, 3.05) is 19.0 Å². The third-order valence-corrected chi connectivity index (χ3v) is 3.20. The van der Waals surface area contributed by atoms with Crippen LogP contribution in [0.3, 0.4) is 0 Å². The molecule has 0 spiro atoms. The van der Waals surface area contributed by atoms with Crippen molar-refractivity contribution in [3.05, 3.63) is 53.1 Å². The van der Waals surface area contributed by atoms with Gasteiger partial charge in [-0.25, -0.2) is 0 Å². The lowest BCUT2D eigenvalue weighted by atomic mass is 10.0. The second-order valence-electron chi connectivity index (χ2n) is 4.63. The summed E-state index contributed by atoms with van der Waals surface area (Å²) in [6.07, 6.45) is -4.32. The number of anilines is 1. The summed E-state index contributed by atoms with van der Waals surface area (Å²) in [5, 5.41) is 0.587. The number of hydrogen-bond donors (Lipinski definition) is 0. The molecular weight excluding hydrogens is 287 g/mol. The van der Waals surface area contributed by atoms with Gasteiger partial charge in [-0.1, -0.05) is 29.8 Å². The molecule has 0 unspecified atom stereocenters. The molecule has 2 rings (SSSR count). The van der Waals surface area contributed by atoms with Crippen LogP contribution in [0.25, 0.3) is 11.1 Å².